The average Bonchev–Trinajstić information content (AvgIpc) is 3.12. The van der Waals surface area contributed by atoms with Crippen molar-refractivity contribution in [1.82, 2.24) is 0 Å². The van der Waals surface area contributed by atoms with Crippen LogP contribution in [0, 0.1) is 18.7 Å². The minimum atomic E-state index is -0.324. The summed E-state index contributed by atoms with van der Waals surface area (Å²) in [6.45, 7) is 5.86. The zero-order valence-corrected chi connectivity index (χ0v) is 18.6. The Labute approximate surface area is 182 Å². The van der Waals surface area contributed by atoms with E-state index in [4.69, 9.17) is 0 Å². The number of thioether (sulfide) groups is 1. The first kappa shape index (κ1) is 22.3. The van der Waals surface area contributed by atoms with E-state index in [1.165, 1.54) is 17.8 Å². The van der Waals surface area contributed by atoms with Crippen LogP contribution in [0.5, 0.6) is 0 Å². The molecule has 1 fully saturated rings. The van der Waals surface area contributed by atoms with E-state index in [9.17, 15) is 14.0 Å². The van der Waals surface area contributed by atoms with Crippen molar-refractivity contribution in [2.75, 3.05) is 16.0 Å². The molecule has 6 heteroatoms. The van der Waals surface area contributed by atoms with Crippen LogP contribution in [0.1, 0.15) is 56.0 Å². The van der Waals surface area contributed by atoms with Gasteiger partial charge in [0.25, 0.3) is 0 Å². The molecule has 1 saturated heterocycles. The van der Waals surface area contributed by atoms with Crippen molar-refractivity contribution in [2.45, 2.75) is 51.8 Å². The molecule has 2 aromatic carbocycles. The third kappa shape index (κ3) is 5.04. The van der Waals surface area contributed by atoms with E-state index in [0.29, 0.717) is 17.0 Å². The summed E-state index contributed by atoms with van der Waals surface area (Å²) in [7, 11) is 0. The van der Waals surface area contributed by atoms with Crippen molar-refractivity contribution >= 4 is 35.0 Å². The molecule has 4 nitrogen and oxygen atoms in total. The Kier molecular flexibility index (Phi) is 7.53. The molecule has 0 aromatic heterocycles. The van der Waals surface area contributed by atoms with E-state index in [1.54, 1.807) is 24.0 Å². The van der Waals surface area contributed by atoms with Crippen molar-refractivity contribution < 1.29 is 14.0 Å². The third-order valence-electron chi connectivity index (χ3n) is 5.51. The lowest BCUT2D eigenvalue weighted by Gasteiger charge is -2.25. The molecule has 0 aliphatic carbocycles. The van der Waals surface area contributed by atoms with Crippen LogP contribution in [0.2, 0.25) is 0 Å². The maximum atomic E-state index is 14.1. The van der Waals surface area contributed by atoms with Gasteiger partial charge in [0.15, 0.2) is 0 Å². The highest BCUT2D eigenvalue weighted by Gasteiger charge is 2.34. The number of amides is 2. The molecule has 1 heterocycles. The second-order valence-electron chi connectivity index (χ2n) is 7.72. The first-order chi connectivity index (χ1) is 14.4. The number of unbranched alkanes of at least 4 members (excludes halogenated alkanes) is 1. The lowest BCUT2D eigenvalue weighted by Crippen LogP contribution is -2.28. The largest absolute Gasteiger partial charge is 0.326 e. The van der Waals surface area contributed by atoms with Gasteiger partial charge < -0.3 is 5.32 Å². The number of rotatable bonds is 8. The minimum Gasteiger partial charge on any atom is -0.326 e. The topological polar surface area (TPSA) is 49.4 Å². The molecule has 2 aromatic rings. The summed E-state index contributed by atoms with van der Waals surface area (Å²) in [5.74, 6) is 0.00724. The number of aryl methyl sites for hydroxylation is 1. The first-order valence-corrected chi connectivity index (χ1v) is 11.6. The normalized spacial score (nSPS) is 17.3. The summed E-state index contributed by atoms with van der Waals surface area (Å²) < 4.78 is 14.1. The maximum absolute atomic E-state index is 14.1. The molecule has 0 spiro atoms. The summed E-state index contributed by atoms with van der Waals surface area (Å²) in [5, 5.41) is 2.79. The number of anilines is 2. The van der Waals surface area contributed by atoms with Crippen LogP contribution in [-0.2, 0) is 9.59 Å². The molecule has 2 atom stereocenters. The Hall–Kier alpha value is -2.34. The molecule has 2 amide bonds. The van der Waals surface area contributed by atoms with Crippen molar-refractivity contribution in [3.05, 3.63) is 59.4 Å². The molecule has 0 bridgehead atoms. The standard InChI is InChI=1S/C24H29FN2O2S/c1-4-6-8-17(5-2)23(29)26-19-10-7-9-18(13-19)24-27(22(28)15-30-24)20-12-11-16(3)21(25)14-20/h7,9-14,17,24H,4-6,8,15H2,1-3H3,(H,26,29)/t17-,24-/m0/s1. The number of hydrogen-bond donors (Lipinski definition) is 1. The van der Waals surface area contributed by atoms with Gasteiger partial charge >= 0.3 is 0 Å². The quantitative estimate of drug-likeness (QED) is 0.555. The van der Waals surface area contributed by atoms with Gasteiger partial charge in [-0.05, 0) is 55.2 Å². The molecular formula is C24H29FN2O2S. The highest BCUT2D eigenvalue weighted by atomic mass is 32.2. The predicted octanol–water partition coefficient (Wildman–Crippen LogP) is 6.07. The molecule has 0 radical (unpaired) electrons. The summed E-state index contributed by atoms with van der Waals surface area (Å²) in [6, 6.07) is 12.5. The lowest BCUT2D eigenvalue weighted by molar-refractivity contribution is -0.120. The van der Waals surface area contributed by atoms with Gasteiger partial charge in [0, 0.05) is 17.3 Å². The van der Waals surface area contributed by atoms with Gasteiger partial charge in [-0.15, -0.1) is 11.8 Å². The van der Waals surface area contributed by atoms with Crippen LogP contribution in [0.4, 0.5) is 15.8 Å². The smallest absolute Gasteiger partial charge is 0.238 e. The Balaban J connectivity index is 1.81. The zero-order valence-electron chi connectivity index (χ0n) is 17.8. The molecule has 1 aliphatic heterocycles. The van der Waals surface area contributed by atoms with Crippen LogP contribution < -0.4 is 10.2 Å². The second-order valence-corrected chi connectivity index (χ2v) is 8.79. The van der Waals surface area contributed by atoms with Gasteiger partial charge in [-0.2, -0.15) is 0 Å². The van der Waals surface area contributed by atoms with Crippen LogP contribution in [0.15, 0.2) is 42.5 Å². The maximum Gasteiger partial charge on any atom is 0.238 e. The fourth-order valence-corrected chi connectivity index (χ4v) is 4.83. The molecule has 0 saturated carbocycles. The number of carbonyl (C=O) groups excluding carboxylic acids is 2. The van der Waals surface area contributed by atoms with Crippen LogP contribution in [-0.4, -0.2) is 17.6 Å². The Morgan fingerprint density at radius 1 is 1.27 bits per heavy atom. The van der Waals surface area contributed by atoms with Gasteiger partial charge in [-0.25, -0.2) is 4.39 Å². The van der Waals surface area contributed by atoms with E-state index in [2.05, 4.69) is 12.2 Å². The SMILES string of the molecule is CCCC[C@H](CC)C(=O)Nc1cccc([C@@H]2SCC(=O)N2c2ccc(C)c(F)c2)c1. The molecule has 30 heavy (non-hydrogen) atoms. The molecule has 1 aliphatic rings. The first-order valence-electron chi connectivity index (χ1n) is 10.5. The summed E-state index contributed by atoms with van der Waals surface area (Å²) in [5.41, 5.74) is 2.74. The second kappa shape index (κ2) is 10.1. The van der Waals surface area contributed by atoms with Crippen LogP contribution >= 0.6 is 11.8 Å². The van der Waals surface area contributed by atoms with Gasteiger partial charge in [-0.3, -0.25) is 14.5 Å². The van der Waals surface area contributed by atoms with Crippen molar-refractivity contribution in [3.63, 3.8) is 0 Å². The number of hydrogen-bond acceptors (Lipinski definition) is 3. The average molecular weight is 429 g/mol. The van der Waals surface area contributed by atoms with Crippen molar-refractivity contribution in [2.24, 2.45) is 5.92 Å². The predicted molar refractivity (Wildman–Crippen MR) is 122 cm³/mol. The third-order valence-corrected chi connectivity index (χ3v) is 6.72. The summed E-state index contributed by atoms with van der Waals surface area (Å²) >= 11 is 1.51. The monoisotopic (exact) mass is 428 g/mol. The van der Waals surface area contributed by atoms with E-state index in [0.717, 1.165) is 36.9 Å². The molecule has 0 unspecified atom stereocenters. The molecule has 1 N–H and O–H groups in total. The molecular weight excluding hydrogens is 399 g/mol. The summed E-state index contributed by atoms with van der Waals surface area (Å²) in [6.07, 6.45) is 3.81. The fraction of sp³-hybridized carbons (Fsp3) is 0.417. The molecule has 3 rings (SSSR count). The zero-order chi connectivity index (χ0) is 21.7. The van der Waals surface area contributed by atoms with Gasteiger partial charge in [-0.1, -0.05) is 44.9 Å². The number of nitrogens with one attached hydrogen (secondary N) is 1. The lowest BCUT2D eigenvalue weighted by atomic mass is 9.98. The molecule has 160 valence electrons. The van der Waals surface area contributed by atoms with Gasteiger partial charge in [0.05, 0.1) is 5.75 Å². The highest BCUT2D eigenvalue weighted by molar-refractivity contribution is 8.00. The minimum absolute atomic E-state index is 0.00284. The van der Waals surface area contributed by atoms with E-state index >= 15 is 0 Å². The highest BCUT2D eigenvalue weighted by Crippen LogP contribution is 2.42. The number of benzene rings is 2. The van der Waals surface area contributed by atoms with Gasteiger partial charge in [0.1, 0.15) is 11.2 Å². The Bertz CT molecular complexity index is 918. The van der Waals surface area contributed by atoms with Crippen molar-refractivity contribution in [1.29, 1.82) is 0 Å². The fourth-order valence-electron chi connectivity index (χ4n) is 3.67. The summed E-state index contributed by atoms with van der Waals surface area (Å²) in [4.78, 5) is 26.9. The van der Waals surface area contributed by atoms with Crippen LogP contribution in [0.25, 0.3) is 0 Å². The van der Waals surface area contributed by atoms with E-state index in [1.807, 2.05) is 31.2 Å². The van der Waals surface area contributed by atoms with E-state index in [-0.39, 0.29) is 28.9 Å². The Morgan fingerprint density at radius 3 is 2.77 bits per heavy atom. The van der Waals surface area contributed by atoms with Gasteiger partial charge in [0.2, 0.25) is 11.8 Å². The number of carbonyl (C=O) groups is 2. The number of nitrogens with zero attached hydrogens (tertiary/aromatic N) is 1. The Morgan fingerprint density at radius 2 is 2.07 bits per heavy atom. The number of halogens is 1. The van der Waals surface area contributed by atoms with Crippen LogP contribution in [0.3, 0.4) is 0 Å². The van der Waals surface area contributed by atoms with Crippen molar-refractivity contribution in [3.8, 4) is 0 Å². The van der Waals surface area contributed by atoms with E-state index < -0.39 is 0 Å².